The first-order chi connectivity index (χ1) is 34.9. The fraction of sp³-hybridized carbons (Fsp3) is 0.333. The van der Waals surface area contributed by atoms with Crippen LogP contribution in [0, 0.1) is 0 Å². The van der Waals surface area contributed by atoms with Gasteiger partial charge in [0.05, 0.1) is 9.79 Å². The van der Waals surface area contributed by atoms with Crippen molar-refractivity contribution >= 4 is 55.3 Å². The van der Waals surface area contributed by atoms with Crippen molar-refractivity contribution in [1.29, 1.82) is 0 Å². The Kier molecular flexibility index (Phi) is 58.5. The number of aliphatic hydroxyl groups is 2. The maximum absolute atomic E-state index is 11.0. The average molecular weight is 1200 g/mol. The smallest absolute Gasteiger partial charge is 0.219 e. The van der Waals surface area contributed by atoms with Crippen LogP contribution in [-0.2, 0) is 71.6 Å². The first-order valence-corrected chi connectivity index (χ1v) is 28.3. The Morgan fingerprint density at radius 3 is 0.909 bits per heavy atom. The van der Waals surface area contributed by atoms with Gasteiger partial charge in [0, 0.05) is 102 Å². The minimum atomic E-state index is -3.00. The van der Waals surface area contributed by atoms with Gasteiger partial charge in [0.2, 0.25) is 5.91 Å². The summed E-state index contributed by atoms with van der Waals surface area (Å²) in [6.45, 7) is 12.6. The minimum Gasteiger partial charge on any atom is -0.520 e. The molecule has 77 heavy (non-hydrogen) atoms. The summed E-state index contributed by atoms with van der Waals surface area (Å²) in [5, 5.41) is 15.6. The molecule has 1 radical (unpaired) electrons. The van der Waals surface area contributed by atoms with Gasteiger partial charge in [-0.15, -0.1) is 11.8 Å². The molecule has 0 saturated carbocycles. The second-order valence-corrected chi connectivity index (χ2v) is 20.0. The fourth-order valence-corrected chi connectivity index (χ4v) is 6.90. The second kappa shape index (κ2) is 54.2. The number of Topliss-reactive ketones (excluding diaryl/α,β-unsaturated/α-hetero) is 2. The van der Waals surface area contributed by atoms with Gasteiger partial charge in [0.1, 0.15) is 13.2 Å². The molecule has 0 atom stereocenters. The molecule has 2 aliphatic heterocycles. The molecule has 13 nitrogen and oxygen atoms in total. The van der Waals surface area contributed by atoms with E-state index in [1.165, 1.54) is 31.3 Å². The summed E-state index contributed by atoms with van der Waals surface area (Å²) in [4.78, 5) is 48.5. The van der Waals surface area contributed by atoms with Crippen LogP contribution < -0.4 is 0 Å². The molecular weight excluding hydrogens is 1110 g/mol. The Morgan fingerprint density at radius 2 is 0.740 bits per heavy atom. The number of nitrogens with zero attached hydrogens (tertiary/aromatic N) is 3. The molecule has 2 saturated heterocycles. The zero-order valence-electron chi connectivity index (χ0n) is 44.1. The summed E-state index contributed by atoms with van der Waals surface area (Å²) in [6, 6.07) is 63.5. The van der Waals surface area contributed by atoms with Crippen molar-refractivity contribution in [2.75, 3.05) is 71.2 Å². The van der Waals surface area contributed by atoms with Gasteiger partial charge in [0.15, 0.2) is 31.2 Å². The van der Waals surface area contributed by atoms with Crippen LogP contribution >= 0.6 is 11.8 Å². The van der Waals surface area contributed by atoms with Crippen LogP contribution in [0.15, 0.2) is 215 Å². The van der Waals surface area contributed by atoms with E-state index in [9.17, 15) is 36.0 Å². The Morgan fingerprint density at radius 1 is 0.506 bits per heavy atom. The van der Waals surface area contributed by atoms with Gasteiger partial charge in [-0.25, -0.2) is 16.8 Å². The summed E-state index contributed by atoms with van der Waals surface area (Å²) in [5.74, 6) is -0.221. The van der Waals surface area contributed by atoms with Crippen molar-refractivity contribution in [1.82, 2.24) is 14.7 Å². The van der Waals surface area contributed by atoms with Crippen molar-refractivity contribution in [3.63, 3.8) is 0 Å². The predicted molar refractivity (Wildman–Crippen MR) is 319 cm³/mol. The number of hydrogen-bond donors (Lipinski definition) is 2. The summed E-state index contributed by atoms with van der Waals surface area (Å²) in [7, 11) is -6.01. The number of piperazine rings is 1. The Balaban J connectivity index is -0.000000186. The third kappa shape index (κ3) is 48.9. The molecule has 0 unspecified atom stereocenters. The van der Waals surface area contributed by atoms with Crippen LogP contribution in [0.4, 0.5) is 0 Å². The van der Waals surface area contributed by atoms with Crippen molar-refractivity contribution in [2.45, 2.75) is 77.6 Å². The summed E-state index contributed by atoms with van der Waals surface area (Å²) in [5.41, 5.74) is 0. The molecule has 17 heteroatoms. The van der Waals surface area contributed by atoms with E-state index in [0.717, 1.165) is 39.3 Å². The van der Waals surface area contributed by atoms with Gasteiger partial charge < -0.3 is 24.8 Å². The zero-order valence-corrected chi connectivity index (χ0v) is 49.4. The number of ketones is 2. The Hall–Kier alpha value is -5.17. The zero-order chi connectivity index (χ0) is 55.2. The van der Waals surface area contributed by atoms with Crippen LogP contribution in [-0.4, -0.2) is 143 Å². The Bertz CT molecular complexity index is 2220. The fourth-order valence-electron chi connectivity index (χ4n) is 5.17. The van der Waals surface area contributed by atoms with E-state index in [1.807, 2.05) is 153 Å². The first-order valence-electron chi connectivity index (χ1n) is 23.3. The maximum atomic E-state index is 11.0. The molecule has 0 spiro atoms. The molecule has 0 aromatic heterocycles. The van der Waals surface area contributed by atoms with E-state index in [2.05, 4.69) is 23.3 Å². The van der Waals surface area contributed by atoms with E-state index in [1.54, 1.807) is 84.2 Å². The number of hydrogen-bond acceptors (Lipinski definition) is 12. The van der Waals surface area contributed by atoms with Crippen molar-refractivity contribution in [3.05, 3.63) is 200 Å². The van der Waals surface area contributed by atoms with E-state index >= 15 is 0 Å². The molecule has 2 heterocycles. The quantitative estimate of drug-likeness (QED) is 0.114. The molecule has 0 aliphatic carbocycles. The van der Waals surface area contributed by atoms with Gasteiger partial charge in [-0.3, -0.25) is 19.3 Å². The molecule has 6 aromatic carbocycles. The number of aliphatic hydroxyl groups excluding tert-OH is 2. The number of amides is 2. The predicted octanol–water partition coefficient (Wildman–Crippen LogP) is 10.6. The van der Waals surface area contributed by atoms with E-state index in [0.29, 0.717) is 15.8 Å². The van der Waals surface area contributed by atoms with Crippen LogP contribution in [0.1, 0.15) is 56.9 Å². The molecule has 2 aliphatic rings. The minimum absolute atomic E-state index is 0. The van der Waals surface area contributed by atoms with Crippen molar-refractivity contribution in [2.24, 2.45) is 0 Å². The number of thioether (sulfide) groups is 1. The monoisotopic (exact) mass is 1200 g/mol. The number of rotatable bonds is 7. The van der Waals surface area contributed by atoms with Gasteiger partial charge >= 0.3 is 0 Å². The number of sulfone groups is 2. The third-order valence-corrected chi connectivity index (χ3v) is 12.0. The topological polar surface area (TPSA) is 187 Å². The molecule has 6 aromatic rings. The maximum Gasteiger partial charge on any atom is 0.219 e. The molecular formula is C60H88N3O10S3Y-. The molecule has 0 bridgehead atoms. The van der Waals surface area contributed by atoms with E-state index < -0.39 is 19.7 Å². The van der Waals surface area contributed by atoms with Crippen LogP contribution in [0.5, 0.6) is 0 Å². The van der Waals surface area contributed by atoms with Crippen LogP contribution in [0.3, 0.4) is 0 Å². The van der Waals surface area contributed by atoms with Gasteiger partial charge in [-0.2, -0.15) is 6.41 Å². The molecule has 2 fully saturated rings. The average Bonchev–Trinajstić information content (AvgIpc) is 3.42. The van der Waals surface area contributed by atoms with Crippen molar-refractivity contribution < 1.29 is 78.9 Å². The van der Waals surface area contributed by atoms with Crippen LogP contribution in [0.25, 0.3) is 0 Å². The molecule has 425 valence electrons. The largest absolute Gasteiger partial charge is 0.520 e. The van der Waals surface area contributed by atoms with Crippen LogP contribution in [0.2, 0.25) is 0 Å². The number of carbonyl (C=O) groups excluding carboxylic acids is 4. The van der Waals surface area contributed by atoms with Gasteiger partial charge in [-0.1, -0.05) is 200 Å². The molecule has 2 N–H and O–H groups in total. The second-order valence-electron chi connectivity index (χ2n) is 15.1. The van der Waals surface area contributed by atoms with Gasteiger partial charge in [0.25, 0.3) is 0 Å². The summed E-state index contributed by atoms with van der Waals surface area (Å²) >= 11 is 1.77. The SMILES string of the molecule is C.C.C.CC.CC(=O)CO.CC(=O)CO.CC(=O)N1CC(N2CCN([C-]=O)CC2)C1.CS(=O)(=O)c1ccccc1.CS(=O)(=O)c1ccccc1.CSc1ccccc1.[Y].c1ccccc1.c1ccccc1.c1ccccc1. The standard InChI is InChI=1S/C10H16N3O2.2C7H8O2S.C7H8S.3C6H6.2C3H6O2.C2H6.3CH4.Y/c1-9(15)13-6-10(7-13)12-4-2-11(8-14)3-5-12;2*1-10(8,9)7-5-3-2-4-6-7;1-8-7-5-3-2-4-6-7;3*1-2-4-6-5-3-1;2*1-3(5)2-4;1-2;;;;/h10H,2-7H2,1H3;2*2-6H,1H3;2-6H,1H3;3*1-6H;2*4H,2H2,1H3;1-2H3;3*1H4;/q-1;;;;;;;;;;;;;. The van der Waals surface area contributed by atoms with E-state index in [-0.39, 0.29) is 85.7 Å². The van der Waals surface area contributed by atoms with Gasteiger partial charge in [-0.05, 0) is 56.5 Å². The molecule has 8 rings (SSSR count). The summed E-state index contributed by atoms with van der Waals surface area (Å²) in [6.07, 6.45) is 6.39. The Labute approximate surface area is 494 Å². The van der Waals surface area contributed by atoms with Crippen molar-refractivity contribution in [3.8, 4) is 0 Å². The number of likely N-dealkylation sites (tertiary alicyclic amines) is 1. The summed E-state index contributed by atoms with van der Waals surface area (Å²) < 4.78 is 43.3. The third-order valence-electron chi connectivity index (χ3n) is 9.03. The first kappa shape index (κ1) is 83.2. The molecule has 2 amide bonds. The number of benzene rings is 6. The van der Waals surface area contributed by atoms with E-state index in [4.69, 9.17) is 10.2 Å². The number of carbonyl (C=O) groups is 3. The normalized spacial score (nSPS) is 11.5.